The van der Waals surface area contributed by atoms with Crippen molar-refractivity contribution < 1.29 is 9.84 Å². The molecule has 0 fully saturated rings. The zero-order valence-corrected chi connectivity index (χ0v) is 11.5. The molecule has 0 saturated heterocycles. The second kappa shape index (κ2) is 6.61. The highest BCUT2D eigenvalue weighted by atomic mass is 16.5. The van der Waals surface area contributed by atoms with Crippen LogP contribution in [0.5, 0.6) is 5.75 Å². The van der Waals surface area contributed by atoms with E-state index in [2.05, 4.69) is 4.90 Å². The summed E-state index contributed by atoms with van der Waals surface area (Å²) in [5.41, 5.74) is 5.73. The van der Waals surface area contributed by atoms with Crippen molar-refractivity contribution >= 4 is 5.69 Å². The number of nitrogens with zero attached hydrogens (tertiary/aromatic N) is 1. The van der Waals surface area contributed by atoms with Crippen LogP contribution in [0.2, 0.25) is 0 Å². The maximum Gasteiger partial charge on any atom is 0.121 e. The van der Waals surface area contributed by atoms with E-state index >= 15 is 0 Å². The highest BCUT2D eigenvalue weighted by Crippen LogP contribution is 2.14. The van der Waals surface area contributed by atoms with Gasteiger partial charge in [-0.15, -0.1) is 0 Å². The number of hydrogen-bond donors (Lipinski definition) is 2. The van der Waals surface area contributed by atoms with E-state index in [1.807, 2.05) is 45.2 Å². The third kappa shape index (κ3) is 6.47. The molecule has 0 heterocycles. The molecule has 4 nitrogen and oxygen atoms in total. The van der Waals surface area contributed by atoms with Crippen LogP contribution in [0.15, 0.2) is 24.3 Å². The Kier molecular flexibility index (Phi) is 5.44. The summed E-state index contributed by atoms with van der Waals surface area (Å²) in [6.45, 7) is 5.83. The Balaban J connectivity index is 2.19. The fourth-order valence-electron chi connectivity index (χ4n) is 1.87. The highest BCUT2D eigenvalue weighted by Gasteiger charge is 2.14. The van der Waals surface area contributed by atoms with E-state index in [-0.39, 0.29) is 0 Å². The molecule has 3 N–H and O–H groups in total. The summed E-state index contributed by atoms with van der Waals surface area (Å²) >= 11 is 0. The zero-order chi connectivity index (χ0) is 13.6. The number of nitrogens with two attached hydrogens (primary N) is 1. The van der Waals surface area contributed by atoms with Gasteiger partial charge < -0.3 is 20.5 Å². The van der Waals surface area contributed by atoms with Crippen molar-refractivity contribution in [3.63, 3.8) is 0 Å². The van der Waals surface area contributed by atoms with E-state index in [1.165, 1.54) is 0 Å². The molecule has 0 unspecified atom stereocenters. The first-order valence-corrected chi connectivity index (χ1v) is 6.26. The molecule has 1 aromatic carbocycles. The Morgan fingerprint density at radius 1 is 1.39 bits per heavy atom. The van der Waals surface area contributed by atoms with Gasteiger partial charge in [-0.3, -0.25) is 0 Å². The van der Waals surface area contributed by atoms with E-state index < -0.39 is 5.60 Å². The molecule has 0 saturated carbocycles. The lowest BCUT2D eigenvalue weighted by atomic mass is 10.1. The first-order valence-electron chi connectivity index (χ1n) is 6.26. The van der Waals surface area contributed by atoms with E-state index in [0.717, 1.165) is 18.7 Å². The predicted molar refractivity (Wildman–Crippen MR) is 74.8 cm³/mol. The summed E-state index contributed by atoms with van der Waals surface area (Å²) in [5.74, 6) is 0.806. The standard InChI is InChI=1S/C14H24N2O2/c1-14(2,17)11-16(3)8-5-9-18-13-7-4-6-12(15)10-13/h4,6-7,10,17H,5,8-9,11,15H2,1-3H3. The molecule has 18 heavy (non-hydrogen) atoms. The first kappa shape index (κ1) is 14.8. The fourth-order valence-corrected chi connectivity index (χ4v) is 1.87. The molecule has 0 radical (unpaired) electrons. The van der Waals surface area contributed by atoms with Crippen LogP contribution in [0.1, 0.15) is 20.3 Å². The Bertz CT molecular complexity index is 361. The van der Waals surface area contributed by atoms with Gasteiger partial charge in [-0.2, -0.15) is 0 Å². The molecule has 102 valence electrons. The minimum absolute atomic E-state index is 0.649. The SMILES string of the molecule is CN(CCCOc1cccc(N)c1)CC(C)(C)O. The molecule has 0 atom stereocenters. The summed E-state index contributed by atoms with van der Waals surface area (Å²) in [6.07, 6.45) is 0.918. The zero-order valence-electron chi connectivity index (χ0n) is 11.5. The molecule has 0 spiro atoms. The molecule has 4 heteroatoms. The monoisotopic (exact) mass is 252 g/mol. The Hall–Kier alpha value is -1.26. The number of aliphatic hydroxyl groups is 1. The van der Waals surface area contributed by atoms with Gasteiger partial charge in [0.05, 0.1) is 12.2 Å². The molecule has 1 rings (SSSR count). The average Bonchev–Trinajstić information content (AvgIpc) is 2.22. The molecule has 1 aromatic rings. The van der Waals surface area contributed by atoms with Crippen molar-refractivity contribution in [3.05, 3.63) is 24.3 Å². The van der Waals surface area contributed by atoms with Gasteiger partial charge in [-0.25, -0.2) is 0 Å². The molecule has 0 aromatic heterocycles. The fraction of sp³-hybridized carbons (Fsp3) is 0.571. The predicted octanol–water partition coefficient (Wildman–Crippen LogP) is 1.74. The molecular formula is C14H24N2O2. The molecule has 0 bridgehead atoms. The van der Waals surface area contributed by atoms with Crippen LogP contribution < -0.4 is 10.5 Å². The van der Waals surface area contributed by atoms with E-state index in [9.17, 15) is 5.11 Å². The topological polar surface area (TPSA) is 58.7 Å². The summed E-state index contributed by atoms with van der Waals surface area (Å²) < 4.78 is 5.60. The molecule has 0 amide bonds. The third-order valence-electron chi connectivity index (χ3n) is 2.47. The van der Waals surface area contributed by atoms with Crippen molar-refractivity contribution in [2.75, 3.05) is 32.5 Å². The van der Waals surface area contributed by atoms with Gasteiger partial charge in [-0.1, -0.05) is 6.07 Å². The number of ether oxygens (including phenoxy) is 1. The van der Waals surface area contributed by atoms with Crippen molar-refractivity contribution in [2.45, 2.75) is 25.9 Å². The number of hydrogen-bond acceptors (Lipinski definition) is 4. The van der Waals surface area contributed by atoms with Crippen LogP contribution >= 0.6 is 0 Å². The maximum atomic E-state index is 9.67. The van der Waals surface area contributed by atoms with Crippen molar-refractivity contribution in [1.82, 2.24) is 4.90 Å². The van der Waals surface area contributed by atoms with Gasteiger partial charge in [0.2, 0.25) is 0 Å². The van der Waals surface area contributed by atoms with E-state index in [1.54, 1.807) is 0 Å². The second-order valence-corrected chi connectivity index (χ2v) is 5.32. The van der Waals surface area contributed by atoms with Crippen LogP contribution in [-0.2, 0) is 0 Å². The van der Waals surface area contributed by atoms with Gasteiger partial charge in [-0.05, 0) is 39.4 Å². The Morgan fingerprint density at radius 3 is 2.72 bits per heavy atom. The summed E-state index contributed by atoms with van der Waals surface area (Å²) in [7, 11) is 2.00. The van der Waals surface area contributed by atoms with Gasteiger partial charge in [0.1, 0.15) is 5.75 Å². The number of likely N-dealkylation sites (N-methyl/N-ethyl adjacent to an activating group) is 1. The number of anilines is 1. The molecular weight excluding hydrogens is 228 g/mol. The molecule has 0 aliphatic rings. The summed E-state index contributed by atoms with van der Waals surface area (Å²) in [5, 5.41) is 9.67. The van der Waals surface area contributed by atoms with Gasteiger partial charge in [0, 0.05) is 24.8 Å². The third-order valence-corrected chi connectivity index (χ3v) is 2.47. The Labute approximate surface area is 109 Å². The van der Waals surface area contributed by atoms with Gasteiger partial charge in [0.15, 0.2) is 0 Å². The summed E-state index contributed by atoms with van der Waals surface area (Å²) in [4.78, 5) is 2.10. The molecule has 0 aliphatic carbocycles. The van der Waals surface area contributed by atoms with E-state index in [0.29, 0.717) is 18.8 Å². The van der Waals surface area contributed by atoms with Crippen LogP contribution in [0, 0.1) is 0 Å². The van der Waals surface area contributed by atoms with Crippen LogP contribution in [0.4, 0.5) is 5.69 Å². The van der Waals surface area contributed by atoms with E-state index in [4.69, 9.17) is 10.5 Å². The van der Waals surface area contributed by atoms with Crippen molar-refractivity contribution in [3.8, 4) is 5.75 Å². The minimum atomic E-state index is -0.649. The van der Waals surface area contributed by atoms with Gasteiger partial charge >= 0.3 is 0 Å². The smallest absolute Gasteiger partial charge is 0.121 e. The largest absolute Gasteiger partial charge is 0.493 e. The summed E-state index contributed by atoms with van der Waals surface area (Å²) in [6, 6.07) is 7.44. The maximum absolute atomic E-state index is 9.67. The lowest BCUT2D eigenvalue weighted by Gasteiger charge is -2.25. The lowest BCUT2D eigenvalue weighted by molar-refractivity contribution is 0.0433. The number of nitrogen functional groups attached to an aromatic ring is 1. The molecule has 0 aliphatic heterocycles. The average molecular weight is 252 g/mol. The van der Waals surface area contributed by atoms with Crippen molar-refractivity contribution in [2.24, 2.45) is 0 Å². The van der Waals surface area contributed by atoms with Gasteiger partial charge in [0.25, 0.3) is 0 Å². The minimum Gasteiger partial charge on any atom is -0.493 e. The first-order chi connectivity index (χ1) is 8.37. The van der Waals surface area contributed by atoms with Crippen LogP contribution in [-0.4, -0.2) is 42.4 Å². The normalized spacial score (nSPS) is 11.8. The number of rotatable bonds is 7. The lowest BCUT2D eigenvalue weighted by Crippen LogP contribution is -2.37. The Morgan fingerprint density at radius 2 is 2.11 bits per heavy atom. The van der Waals surface area contributed by atoms with Crippen LogP contribution in [0.25, 0.3) is 0 Å². The number of benzene rings is 1. The van der Waals surface area contributed by atoms with Crippen LogP contribution in [0.3, 0.4) is 0 Å². The van der Waals surface area contributed by atoms with Crippen molar-refractivity contribution in [1.29, 1.82) is 0 Å². The highest BCUT2D eigenvalue weighted by molar-refractivity contribution is 5.43. The quantitative estimate of drug-likeness (QED) is 0.573. The second-order valence-electron chi connectivity index (χ2n) is 5.32.